The Labute approximate surface area is 191 Å². The molecular weight excluding hydrogens is 444 g/mol. The van der Waals surface area contributed by atoms with E-state index in [1.807, 2.05) is 6.92 Å². The number of thiol groups is 1. The molecule has 13 heteroatoms. The van der Waals surface area contributed by atoms with Crippen molar-refractivity contribution in [2.24, 2.45) is 5.73 Å². The average molecular weight is 477 g/mol. The molecule has 182 valence electrons. The number of nitrogens with two attached hydrogens (primary N) is 1. The molecule has 0 radical (unpaired) electrons. The van der Waals surface area contributed by atoms with Crippen LogP contribution in [0.3, 0.4) is 0 Å². The van der Waals surface area contributed by atoms with Crippen molar-refractivity contribution in [2.75, 3.05) is 12.3 Å². The van der Waals surface area contributed by atoms with Crippen LogP contribution in [-0.4, -0.2) is 75.6 Å². The van der Waals surface area contributed by atoms with Gasteiger partial charge in [-0.2, -0.15) is 17.7 Å². The van der Waals surface area contributed by atoms with Crippen molar-refractivity contribution in [3.05, 3.63) is 12.7 Å². The van der Waals surface area contributed by atoms with Crippen LogP contribution in [0.15, 0.2) is 12.7 Å². The van der Waals surface area contributed by atoms with E-state index in [0.717, 1.165) is 19.3 Å². The van der Waals surface area contributed by atoms with Crippen molar-refractivity contribution in [1.82, 2.24) is 15.7 Å². The number of amides is 3. The van der Waals surface area contributed by atoms with E-state index in [-0.39, 0.29) is 23.7 Å². The van der Waals surface area contributed by atoms with Gasteiger partial charge in [-0.25, -0.2) is 9.59 Å². The van der Waals surface area contributed by atoms with Gasteiger partial charge in [-0.15, -0.1) is 6.58 Å². The number of carbonyl (C=O) groups excluding carboxylic acids is 4. The van der Waals surface area contributed by atoms with Crippen molar-refractivity contribution < 1.29 is 39.0 Å². The number of carboxylic acid groups (broad SMARTS) is 1. The number of esters is 1. The van der Waals surface area contributed by atoms with E-state index in [1.165, 1.54) is 6.08 Å². The molecule has 32 heavy (non-hydrogen) atoms. The Morgan fingerprint density at radius 3 is 2.41 bits per heavy atom. The Hall–Kier alpha value is -2.64. The van der Waals surface area contributed by atoms with E-state index in [4.69, 9.17) is 10.8 Å². The molecule has 0 saturated heterocycles. The lowest BCUT2D eigenvalue weighted by atomic mass is 10.1. The molecule has 0 heterocycles. The zero-order valence-corrected chi connectivity index (χ0v) is 18.9. The predicted molar refractivity (Wildman–Crippen MR) is 117 cm³/mol. The number of carboxylic acids is 1. The summed E-state index contributed by atoms with van der Waals surface area (Å²) in [5, 5.41) is 23.4. The molecule has 3 atom stereocenters. The van der Waals surface area contributed by atoms with Crippen molar-refractivity contribution in [3.63, 3.8) is 0 Å². The summed E-state index contributed by atoms with van der Waals surface area (Å²) in [7, 11) is 0. The number of unbranched alkanes of at least 4 members (excludes halogenated alkanes) is 2. The van der Waals surface area contributed by atoms with Crippen molar-refractivity contribution in [1.29, 1.82) is 0 Å². The maximum Gasteiger partial charge on any atom is 0.442 e. The van der Waals surface area contributed by atoms with Gasteiger partial charge in [-0.1, -0.05) is 32.3 Å². The first kappa shape index (κ1) is 29.4. The molecule has 0 aliphatic heterocycles. The third kappa shape index (κ3) is 11.7. The second kappa shape index (κ2) is 16.1. The fourth-order valence-electron chi connectivity index (χ4n) is 2.41. The number of ether oxygens (including phenoxy) is 1. The van der Waals surface area contributed by atoms with Gasteiger partial charge in [-0.3, -0.25) is 19.6 Å². The molecule has 3 amide bonds. The van der Waals surface area contributed by atoms with Crippen LogP contribution >= 0.6 is 12.6 Å². The first-order chi connectivity index (χ1) is 15.1. The van der Waals surface area contributed by atoms with Crippen molar-refractivity contribution in [3.8, 4) is 0 Å². The van der Waals surface area contributed by atoms with Crippen molar-refractivity contribution in [2.45, 2.75) is 63.6 Å². The zero-order chi connectivity index (χ0) is 24.7. The highest BCUT2D eigenvalue weighted by Gasteiger charge is 2.25. The maximum absolute atomic E-state index is 12.1. The second-order valence-electron chi connectivity index (χ2n) is 6.89. The SMILES string of the molecule is C=C[C@H](CCCCC)N(O)C(=O)OC(=O)CNC(=O)C(CS)NC(=O)CCC(N)C(=O)O. The van der Waals surface area contributed by atoms with Gasteiger partial charge in [0.2, 0.25) is 11.8 Å². The van der Waals surface area contributed by atoms with Crippen LogP contribution in [0.2, 0.25) is 0 Å². The van der Waals surface area contributed by atoms with Crippen LogP contribution in [0, 0.1) is 0 Å². The topological polar surface area (TPSA) is 188 Å². The van der Waals surface area contributed by atoms with Crippen LogP contribution in [0.25, 0.3) is 0 Å². The van der Waals surface area contributed by atoms with Crippen LogP contribution in [0.5, 0.6) is 0 Å². The van der Waals surface area contributed by atoms with E-state index in [9.17, 15) is 29.2 Å². The fraction of sp³-hybridized carbons (Fsp3) is 0.632. The largest absolute Gasteiger partial charge is 0.480 e. The number of hydroxylamine groups is 2. The maximum atomic E-state index is 12.1. The van der Waals surface area contributed by atoms with E-state index >= 15 is 0 Å². The minimum atomic E-state index is -1.31. The molecule has 6 N–H and O–H groups in total. The number of hydrogen-bond acceptors (Lipinski definition) is 9. The molecule has 0 aliphatic carbocycles. The molecule has 0 fully saturated rings. The van der Waals surface area contributed by atoms with E-state index < -0.39 is 54.5 Å². The highest BCUT2D eigenvalue weighted by molar-refractivity contribution is 7.80. The van der Waals surface area contributed by atoms with E-state index in [2.05, 4.69) is 34.6 Å². The number of carbonyl (C=O) groups is 5. The lowest BCUT2D eigenvalue weighted by Crippen LogP contribution is -2.49. The normalized spacial score (nSPS) is 13.2. The standard InChI is InChI=1S/C19H32N4O8S/c1-3-5-6-7-12(4-2)23(30)19(29)31-16(25)10-21-17(26)14(11-32)22-15(24)9-8-13(20)18(27)28/h4,12-14,30,32H,2-3,5-11,20H2,1H3,(H,21,26)(H,22,24)(H,27,28)/t12-,13?,14?/m1/s1. The Morgan fingerprint density at radius 1 is 1.22 bits per heavy atom. The molecule has 0 spiro atoms. The molecule has 0 bridgehead atoms. The van der Waals surface area contributed by atoms with Gasteiger partial charge in [0.25, 0.3) is 0 Å². The van der Waals surface area contributed by atoms with Crippen LogP contribution in [-0.2, 0) is 23.9 Å². The molecule has 2 unspecified atom stereocenters. The van der Waals surface area contributed by atoms with Crippen LogP contribution in [0.4, 0.5) is 4.79 Å². The Kier molecular flexibility index (Phi) is 14.7. The summed E-state index contributed by atoms with van der Waals surface area (Å²) in [5.41, 5.74) is 5.31. The minimum Gasteiger partial charge on any atom is -0.480 e. The molecule has 12 nitrogen and oxygen atoms in total. The quantitative estimate of drug-likeness (QED) is 0.0365. The van der Waals surface area contributed by atoms with Gasteiger partial charge < -0.3 is 26.2 Å². The molecular formula is C19H32N4O8S. The molecule has 0 aromatic heterocycles. The number of hydrogen-bond donors (Lipinski definition) is 6. The van der Waals surface area contributed by atoms with Crippen molar-refractivity contribution >= 4 is 42.5 Å². The van der Waals surface area contributed by atoms with Crippen LogP contribution in [0.1, 0.15) is 45.4 Å². The lowest BCUT2D eigenvalue weighted by Gasteiger charge is -2.22. The summed E-state index contributed by atoms with van der Waals surface area (Å²) in [6.45, 7) is 4.84. The number of rotatable bonds is 15. The Bertz CT molecular complexity index is 676. The van der Waals surface area contributed by atoms with Gasteiger partial charge >= 0.3 is 18.0 Å². The van der Waals surface area contributed by atoms with E-state index in [0.29, 0.717) is 6.42 Å². The summed E-state index contributed by atoms with van der Waals surface area (Å²) in [5.74, 6) is -3.89. The Morgan fingerprint density at radius 2 is 1.88 bits per heavy atom. The first-order valence-corrected chi connectivity index (χ1v) is 10.7. The summed E-state index contributed by atoms with van der Waals surface area (Å²) >= 11 is 3.95. The second-order valence-corrected chi connectivity index (χ2v) is 7.25. The Balaban J connectivity index is 4.52. The van der Waals surface area contributed by atoms with Gasteiger partial charge in [0.05, 0.1) is 6.04 Å². The average Bonchev–Trinajstić information content (AvgIpc) is 2.76. The smallest absolute Gasteiger partial charge is 0.442 e. The summed E-state index contributed by atoms with van der Waals surface area (Å²) in [4.78, 5) is 58.3. The lowest BCUT2D eigenvalue weighted by molar-refractivity contribution is -0.146. The fourth-order valence-corrected chi connectivity index (χ4v) is 2.67. The number of nitrogens with one attached hydrogen (secondary N) is 2. The number of nitrogens with zero attached hydrogens (tertiary/aromatic N) is 1. The molecule has 0 saturated carbocycles. The van der Waals surface area contributed by atoms with Gasteiger partial charge in [0.15, 0.2) is 0 Å². The van der Waals surface area contributed by atoms with E-state index in [1.54, 1.807) is 0 Å². The highest BCUT2D eigenvalue weighted by atomic mass is 32.1. The molecule has 0 aromatic carbocycles. The van der Waals surface area contributed by atoms with Crippen LogP contribution < -0.4 is 16.4 Å². The predicted octanol–water partition coefficient (Wildman–Crippen LogP) is 0.199. The summed E-state index contributed by atoms with van der Waals surface area (Å²) in [6, 6.07) is -3.06. The van der Waals surface area contributed by atoms with Gasteiger partial charge in [0.1, 0.15) is 18.6 Å². The highest BCUT2D eigenvalue weighted by Crippen LogP contribution is 2.10. The summed E-state index contributed by atoms with van der Waals surface area (Å²) < 4.78 is 4.49. The third-order valence-corrected chi connectivity index (χ3v) is 4.68. The molecule has 0 rings (SSSR count). The van der Waals surface area contributed by atoms with Gasteiger partial charge in [-0.05, 0) is 12.8 Å². The number of aliphatic carboxylic acids is 1. The van der Waals surface area contributed by atoms with Gasteiger partial charge in [0, 0.05) is 12.2 Å². The molecule has 0 aliphatic rings. The molecule has 0 aromatic rings. The first-order valence-electron chi connectivity index (χ1n) is 10.1. The minimum absolute atomic E-state index is 0.111. The summed E-state index contributed by atoms with van der Waals surface area (Å²) in [6.07, 6.45) is 2.71. The zero-order valence-electron chi connectivity index (χ0n) is 18.0. The monoisotopic (exact) mass is 476 g/mol. The third-order valence-electron chi connectivity index (χ3n) is 4.32.